The first-order valence-corrected chi connectivity index (χ1v) is 4.42. The molecule has 0 radical (unpaired) electrons. The molecule has 0 saturated heterocycles. The van der Waals surface area contributed by atoms with Crippen molar-refractivity contribution in [3.63, 3.8) is 0 Å². The molecule has 0 fully saturated rings. The monoisotopic (exact) mass is 194 g/mol. The summed E-state index contributed by atoms with van der Waals surface area (Å²) in [6.07, 6.45) is 0. The number of hydrogen-bond acceptors (Lipinski definition) is 4. The van der Waals surface area contributed by atoms with Crippen LogP contribution in [0.25, 0.3) is 0 Å². The van der Waals surface area contributed by atoms with Gasteiger partial charge in [-0.05, 0) is 26.0 Å². The number of carbonyl (C=O) groups is 1. The van der Waals surface area contributed by atoms with E-state index in [1.165, 1.54) is 0 Å². The molecule has 14 heavy (non-hydrogen) atoms. The van der Waals surface area contributed by atoms with Crippen molar-refractivity contribution in [1.82, 2.24) is 5.48 Å². The van der Waals surface area contributed by atoms with Gasteiger partial charge in [-0.3, -0.25) is 0 Å². The Labute approximate surface area is 83.0 Å². The molecule has 4 nitrogen and oxygen atoms in total. The van der Waals surface area contributed by atoms with Crippen molar-refractivity contribution in [3.05, 3.63) is 29.8 Å². The highest BCUT2D eigenvalue weighted by Crippen LogP contribution is 2.10. The highest BCUT2D eigenvalue weighted by atomic mass is 16.7. The first kappa shape index (κ1) is 10.5. The molecule has 0 bridgehead atoms. The number of nitrogens with two attached hydrogens (primary N) is 1. The Hall–Kier alpha value is -1.55. The Morgan fingerprint density at radius 1 is 1.43 bits per heavy atom. The minimum atomic E-state index is -0.461. The van der Waals surface area contributed by atoms with Crippen LogP contribution in [0, 0.1) is 0 Å². The summed E-state index contributed by atoms with van der Waals surface area (Å²) in [7, 11) is 0. The maximum absolute atomic E-state index is 11.4. The van der Waals surface area contributed by atoms with Crippen LogP contribution < -0.4 is 11.2 Å². The van der Waals surface area contributed by atoms with Gasteiger partial charge in [-0.2, -0.15) is 5.48 Å². The van der Waals surface area contributed by atoms with E-state index in [1.807, 2.05) is 13.8 Å². The molecule has 0 aromatic heterocycles. The third-order valence-electron chi connectivity index (χ3n) is 1.57. The average molecular weight is 194 g/mol. The lowest BCUT2D eigenvalue weighted by Gasteiger charge is -2.09. The number of nitrogens with one attached hydrogen (secondary N) is 1. The van der Waals surface area contributed by atoms with Crippen molar-refractivity contribution in [1.29, 1.82) is 0 Å². The smallest absolute Gasteiger partial charge is 0.358 e. The summed E-state index contributed by atoms with van der Waals surface area (Å²) in [6.45, 7) is 3.75. The van der Waals surface area contributed by atoms with Crippen molar-refractivity contribution in [2.45, 2.75) is 19.9 Å². The summed E-state index contributed by atoms with van der Waals surface area (Å²) in [6, 6.07) is 6.87. The molecule has 0 saturated carbocycles. The summed E-state index contributed by atoms with van der Waals surface area (Å²) >= 11 is 0. The van der Waals surface area contributed by atoms with Gasteiger partial charge in [0.1, 0.15) is 0 Å². The van der Waals surface area contributed by atoms with Crippen LogP contribution in [0.2, 0.25) is 0 Å². The zero-order valence-corrected chi connectivity index (χ0v) is 8.28. The van der Waals surface area contributed by atoms with Crippen LogP contribution in [-0.2, 0) is 4.84 Å². The van der Waals surface area contributed by atoms with Crippen LogP contribution in [0.15, 0.2) is 24.3 Å². The molecule has 4 heteroatoms. The summed E-state index contributed by atoms with van der Waals surface area (Å²) in [5.74, 6) is -0.461. The van der Waals surface area contributed by atoms with E-state index in [0.29, 0.717) is 11.3 Å². The lowest BCUT2D eigenvalue weighted by atomic mass is 10.2. The Morgan fingerprint density at radius 3 is 2.64 bits per heavy atom. The zero-order valence-electron chi connectivity index (χ0n) is 8.28. The zero-order chi connectivity index (χ0) is 10.6. The minimum absolute atomic E-state index is 0.0869. The summed E-state index contributed by atoms with van der Waals surface area (Å²) < 4.78 is 0. The number of anilines is 1. The van der Waals surface area contributed by atoms with Crippen LogP contribution in [-0.4, -0.2) is 12.0 Å². The van der Waals surface area contributed by atoms with Crippen molar-refractivity contribution in [3.8, 4) is 0 Å². The molecule has 0 unspecified atom stereocenters. The second-order valence-electron chi connectivity index (χ2n) is 3.25. The first-order valence-electron chi connectivity index (χ1n) is 4.42. The van der Waals surface area contributed by atoms with Crippen LogP contribution in [0.4, 0.5) is 5.69 Å². The molecule has 0 aliphatic heterocycles. The fourth-order valence-corrected chi connectivity index (χ4v) is 0.909. The molecule has 0 heterocycles. The highest BCUT2D eigenvalue weighted by Gasteiger charge is 2.10. The summed E-state index contributed by atoms with van der Waals surface area (Å²) in [5, 5.41) is 0. The van der Waals surface area contributed by atoms with Crippen LogP contribution in [0.3, 0.4) is 0 Å². The molecule has 0 spiro atoms. The topological polar surface area (TPSA) is 64.3 Å². The number of benzene rings is 1. The van der Waals surface area contributed by atoms with Gasteiger partial charge in [0.15, 0.2) is 0 Å². The van der Waals surface area contributed by atoms with Gasteiger partial charge < -0.3 is 10.6 Å². The number of nitrogen functional groups attached to an aromatic ring is 1. The third kappa shape index (κ3) is 2.74. The average Bonchev–Trinajstić information content (AvgIpc) is 2.15. The van der Waals surface area contributed by atoms with Gasteiger partial charge >= 0.3 is 5.97 Å². The second-order valence-corrected chi connectivity index (χ2v) is 3.25. The normalized spacial score (nSPS) is 10.2. The van der Waals surface area contributed by atoms with E-state index in [-0.39, 0.29) is 6.04 Å². The van der Waals surface area contributed by atoms with E-state index in [4.69, 9.17) is 10.6 Å². The molecule has 1 aromatic carbocycles. The quantitative estimate of drug-likeness (QED) is 0.563. The van der Waals surface area contributed by atoms with E-state index in [1.54, 1.807) is 24.3 Å². The molecule has 76 valence electrons. The maximum atomic E-state index is 11.4. The lowest BCUT2D eigenvalue weighted by molar-refractivity contribution is 0.0189. The van der Waals surface area contributed by atoms with Gasteiger partial charge in [-0.15, -0.1) is 0 Å². The number of carbonyl (C=O) groups excluding carboxylic acids is 1. The Morgan fingerprint density at radius 2 is 2.07 bits per heavy atom. The van der Waals surface area contributed by atoms with E-state index < -0.39 is 5.97 Å². The Bertz CT molecular complexity index is 324. The van der Waals surface area contributed by atoms with Gasteiger partial charge in [0, 0.05) is 11.7 Å². The van der Waals surface area contributed by atoms with Crippen molar-refractivity contribution < 1.29 is 9.63 Å². The second kappa shape index (κ2) is 4.62. The van der Waals surface area contributed by atoms with Gasteiger partial charge in [0.25, 0.3) is 0 Å². The molecular formula is C10H14N2O2. The van der Waals surface area contributed by atoms with Crippen LogP contribution >= 0.6 is 0 Å². The molecule has 0 aliphatic rings. The van der Waals surface area contributed by atoms with Gasteiger partial charge in [0.05, 0.1) is 5.56 Å². The minimum Gasteiger partial charge on any atom is -0.398 e. The molecule has 1 aromatic rings. The predicted molar refractivity (Wildman–Crippen MR) is 54.5 cm³/mol. The number of hydroxylamine groups is 1. The van der Waals surface area contributed by atoms with E-state index >= 15 is 0 Å². The van der Waals surface area contributed by atoms with Crippen LogP contribution in [0.1, 0.15) is 24.2 Å². The molecule has 3 N–H and O–H groups in total. The molecule has 1 rings (SSSR count). The Balaban J connectivity index is 2.65. The van der Waals surface area contributed by atoms with Crippen molar-refractivity contribution in [2.75, 3.05) is 5.73 Å². The third-order valence-corrected chi connectivity index (χ3v) is 1.57. The molecular weight excluding hydrogens is 180 g/mol. The largest absolute Gasteiger partial charge is 0.398 e. The predicted octanol–water partition coefficient (Wildman–Crippen LogP) is 1.34. The summed E-state index contributed by atoms with van der Waals surface area (Å²) in [5.41, 5.74) is 8.96. The van der Waals surface area contributed by atoms with Gasteiger partial charge in [-0.1, -0.05) is 12.1 Å². The number of para-hydroxylation sites is 1. The van der Waals surface area contributed by atoms with Crippen LogP contribution in [0.5, 0.6) is 0 Å². The standard InChI is InChI=1S/C10H14N2O2/c1-7(2)12-14-10(13)8-5-3-4-6-9(8)11/h3-7,12H,11H2,1-2H3. The fraction of sp³-hybridized carbons (Fsp3) is 0.300. The molecule has 0 aliphatic carbocycles. The first-order chi connectivity index (χ1) is 6.61. The number of hydrogen-bond donors (Lipinski definition) is 2. The fourth-order valence-electron chi connectivity index (χ4n) is 0.909. The van der Waals surface area contributed by atoms with Crippen molar-refractivity contribution >= 4 is 11.7 Å². The van der Waals surface area contributed by atoms with Gasteiger partial charge in [-0.25, -0.2) is 4.79 Å². The van der Waals surface area contributed by atoms with E-state index in [2.05, 4.69) is 5.48 Å². The van der Waals surface area contributed by atoms with E-state index in [0.717, 1.165) is 0 Å². The maximum Gasteiger partial charge on any atom is 0.358 e. The number of rotatable bonds is 3. The molecule has 0 atom stereocenters. The lowest BCUT2D eigenvalue weighted by Crippen LogP contribution is -2.26. The molecule has 0 amide bonds. The van der Waals surface area contributed by atoms with E-state index in [9.17, 15) is 4.79 Å². The SMILES string of the molecule is CC(C)NOC(=O)c1ccccc1N. The van der Waals surface area contributed by atoms with Crippen molar-refractivity contribution in [2.24, 2.45) is 0 Å². The summed E-state index contributed by atoms with van der Waals surface area (Å²) in [4.78, 5) is 16.2. The highest BCUT2D eigenvalue weighted by molar-refractivity contribution is 5.94. The van der Waals surface area contributed by atoms with Gasteiger partial charge in [0.2, 0.25) is 0 Å². The Kier molecular flexibility index (Phi) is 3.48.